The minimum atomic E-state index is 0.821. The Balaban J connectivity index is 1.77. The molecule has 98 valence electrons. The molecule has 1 unspecified atom stereocenters. The van der Waals surface area contributed by atoms with Crippen LogP contribution in [0.1, 0.15) is 51.4 Å². The first-order valence-electron chi connectivity index (χ1n) is 7.77. The van der Waals surface area contributed by atoms with Crippen LogP contribution in [0.3, 0.4) is 0 Å². The summed E-state index contributed by atoms with van der Waals surface area (Å²) in [6.07, 6.45) is 11.5. The van der Waals surface area contributed by atoms with Crippen molar-refractivity contribution < 1.29 is 0 Å². The summed E-state index contributed by atoms with van der Waals surface area (Å²) in [5, 5.41) is 0. The van der Waals surface area contributed by atoms with Crippen LogP contribution in [-0.4, -0.2) is 12.6 Å². The quantitative estimate of drug-likeness (QED) is 0.732. The van der Waals surface area contributed by atoms with Gasteiger partial charge in [0.25, 0.3) is 0 Å². The summed E-state index contributed by atoms with van der Waals surface area (Å²) in [6.45, 7) is 1.27. The molecule has 0 aromatic heterocycles. The second kappa shape index (κ2) is 5.77. The standard InChI is InChI=1S/C17H25N/c1-3-9-15(10-4-1)17-13-7-8-14-18(17)16-11-5-2-6-12-16/h2,5-6,11-12,15,17H,1,3-4,7-10,13-14H2. The molecule has 0 amide bonds. The average molecular weight is 243 g/mol. The number of nitrogens with zero attached hydrogens (tertiary/aromatic N) is 1. The maximum atomic E-state index is 2.71. The predicted octanol–water partition coefficient (Wildman–Crippen LogP) is 4.63. The van der Waals surface area contributed by atoms with E-state index in [2.05, 4.69) is 35.2 Å². The van der Waals surface area contributed by atoms with Gasteiger partial charge >= 0.3 is 0 Å². The van der Waals surface area contributed by atoms with Gasteiger partial charge in [-0.3, -0.25) is 0 Å². The van der Waals surface area contributed by atoms with Gasteiger partial charge in [0.1, 0.15) is 0 Å². The summed E-state index contributed by atoms with van der Waals surface area (Å²) in [6, 6.07) is 11.9. The van der Waals surface area contributed by atoms with Gasteiger partial charge in [0.05, 0.1) is 0 Å². The number of rotatable bonds is 2. The zero-order valence-electron chi connectivity index (χ0n) is 11.4. The lowest BCUT2D eigenvalue weighted by molar-refractivity contribution is 0.263. The number of benzene rings is 1. The molecular formula is C17H25N. The molecule has 0 bridgehead atoms. The van der Waals surface area contributed by atoms with Crippen LogP contribution in [0.25, 0.3) is 0 Å². The Bertz CT molecular complexity index is 353. The second-order valence-electron chi connectivity index (χ2n) is 5.99. The van der Waals surface area contributed by atoms with E-state index in [9.17, 15) is 0 Å². The third-order valence-electron chi connectivity index (χ3n) is 4.83. The molecule has 0 N–H and O–H groups in total. The number of piperidine rings is 1. The van der Waals surface area contributed by atoms with E-state index in [0.29, 0.717) is 0 Å². The number of hydrogen-bond acceptors (Lipinski definition) is 1. The Morgan fingerprint density at radius 2 is 1.50 bits per heavy atom. The van der Waals surface area contributed by atoms with Crippen LogP contribution in [0, 0.1) is 5.92 Å². The lowest BCUT2D eigenvalue weighted by atomic mass is 9.80. The van der Waals surface area contributed by atoms with Gasteiger partial charge in [-0.15, -0.1) is 0 Å². The molecule has 1 nitrogen and oxygen atoms in total. The Kier molecular flexibility index (Phi) is 3.87. The second-order valence-corrected chi connectivity index (χ2v) is 5.99. The molecule has 1 aromatic rings. The maximum absolute atomic E-state index is 2.71. The van der Waals surface area contributed by atoms with Gasteiger partial charge in [0.2, 0.25) is 0 Å². The summed E-state index contributed by atoms with van der Waals surface area (Å²) in [5.41, 5.74) is 1.45. The summed E-state index contributed by atoms with van der Waals surface area (Å²) in [4.78, 5) is 2.71. The van der Waals surface area contributed by atoms with Gasteiger partial charge in [-0.1, -0.05) is 37.5 Å². The van der Waals surface area contributed by atoms with Gasteiger partial charge in [-0.25, -0.2) is 0 Å². The van der Waals surface area contributed by atoms with Crippen LogP contribution in [0.4, 0.5) is 5.69 Å². The summed E-state index contributed by atoms with van der Waals surface area (Å²) in [7, 11) is 0. The largest absolute Gasteiger partial charge is 0.368 e. The molecule has 1 aliphatic carbocycles. The first-order chi connectivity index (χ1) is 8.95. The van der Waals surface area contributed by atoms with Crippen LogP contribution in [-0.2, 0) is 0 Å². The average Bonchev–Trinajstić information content (AvgIpc) is 2.49. The van der Waals surface area contributed by atoms with Crippen molar-refractivity contribution in [1.29, 1.82) is 0 Å². The molecule has 1 heterocycles. The van der Waals surface area contributed by atoms with Gasteiger partial charge < -0.3 is 4.90 Å². The summed E-state index contributed by atoms with van der Waals surface area (Å²) < 4.78 is 0. The molecule has 3 rings (SSSR count). The molecule has 2 aliphatic rings. The smallest absolute Gasteiger partial charge is 0.0368 e. The lowest BCUT2D eigenvalue weighted by Crippen LogP contribution is -2.44. The SMILES string of the molecule is c1ccc(N2CCCCC2C2CCCCC2)cc1. The Morgan fingerprint density at radius 1 is 0.778 bits per heavy atom. The molecule has 1 aliphatic heterocycles. The lowest BCUT2D eigenvalue weighted by Gasteiger charge is -2.43. The van der Waals surface area contributed by atoms with E-state index in [0.717, 1.165) is 12.0 Å². The third-order valence-corrected chi connectivity index (χ3v) is 4.83. The molecule has 0 spiro atoms. The minimum Gasteiger partial charge on any atom is -0.368 e. The van der Waals surface area contributed by atoms with E-state index < -0.39 is 0 Å². The number of hydrogen-bond donors (Lipinski definition) is 0. The fraction of sp³-hybridized carbons (Fsp3) is 0.647. The highest BCUT2D eigenvalue weighted by molar-refractivity contribution is 5.47. The van der Waals surface area contributed by atoms with Crippen LogP contribution < -0.4 is 4.90 Å². The molecule has 1 aromatic carbocycles. The van der Waals surface area contributed by atoms with E-state index >= 15 is 0 Å². The van der Waals surface area contributed by atoms with E-state index in [1.807, 2.05) is 0 Å². The van der Waals surface area contributed by atoms with Gasteiger partial charge in [0.15, 0.2) is 0 Å². The molecule has 2 fully saturated rings. The van der Waals surface area contributed by atoms with Crippen LogP contribution in [0.5, 0.6) is 0 Å². The third kappa shape index (κ3) is 2.55. The fourth-order valence-corrected chi connectivity index (χ4v) is 3.91. The first kappa shape index (κ1) is 12.1. The highest BCUT2D eigenvalue weighted by Crippen LogP contribution is 2.35. The molecule has 0 radical (unpaired) electrons. The number of para-hydroxylation sites is 1. The summed E-state index contributed by atoms with van der Waals surface area (Å²) in [5.74, 6) is 0.958. The van der Waals surface area contributed by atoms with E-state index in [4.69, 9.17) is 0 Å². The molecule has 1 atom stereocenters. The van der Waals surface area contributed by atoms with Crippen molar-refractivity contribution >= 4 is 5.69 Å². The van der Waals surface area contributed by atoms with Gasteiger partial charge in [-0.05, 0) is 50.2 Å². The Labute approximate surface area is 111 Å². The molecule has 1 saturated heterocycles. The number of anilines is 1. The summed E-state index contributed by atoms with van der Waals surface area (Å²) >= 11 is 0. The first-order valence-corrected chi connectivity index (χ1v) is 7.77. The molecule has 1 heteroatoms. The normalized spacial score (nSPS) is 26.2. The predicted molar refractivity (Wildman–Crippen MR) is 78.0 cm³/mol. The molecule has 18 heavy (non-hydrogen) atoms. The minimum absolute atomic E-state index is 0.821. The topological polar surface area (TPSA) is 3.24 Å². The van der Waals surface area contributed by atoms with Crippen LogP contribution >= 0.6 is 0 Å². The maximum Gasteiger partial charge on any atom is 0.0368 e. The van der Waals surface area contributed by atoms with E-state index in [1.54, 1.807) is 0 Å². The monoisotopic (exact) mass is 243 g/mol. The fourth-order valence-electron chi connectivity index (χ4n) is 3.91. The van der Waals surface area contributed by atoms with Gasteiger partial charge in [0, 0.05) is 18.3 Å². The van der Waals surface area contributed by atoms with Crippen molar-refractivity contribution in [2.45, 2.75) is 57.4 Å². The molecule has 1 saturated carbocycles. The highest BCUT2D eigenvalue weighted by atomic mass is 15.2. The van der Waals surface area contributed by atoms with Crippen molar-refractivity contribution in [3.63, 3.8) is 0 Å². The van der Waals surface area contributed by atoms with E-state index in [1.165, 1.54) is 63.6 Å². The van der Waals surface area contributed by atoms with Crippen molar-refractivity contribution in [3.8, 4) is 0 Å². The van der Waals surface area contributed by atoms with Crippen LogP contribution in [0.15, 0.2) is 30.3 Å². The van der Waals surface area contributed by atoms with E-state index in [-0.39, 0.29) is 0 Å². The Morgan fingerprint density at radius 3 is 2.28 bits per heavy atom. The zero-order chi connectivity index (χ0) is 12.2. The van der Waals surface area contributed by atoms with Gasteiger partial charge in [-0.2, -0.15) is 0 Å². The zero-order valence-corrected chi connectivity index (χ0v) is 11.4. The van der Waals surface area contributed by atoms with Crippen molar-refractivity contribution in [1.82, 2.24) is 0 Å². The van der Waals surface area contributed by atoms with Crippen molar-refractivity contribution in [3.05, 3.63) is 30.3 Å². The van der Waals surface area contributed by atoms with Crippen LogP contribution in [0.2, 0.25) is 0 Å². The Hall–Kier alpha value is -0.980. The van der Waals surface area contributed by atoms with Crippen molar-refractivity contribution in [2.75, 3.05) is 11.4 Å². The van der Waals surface area contributed by atoms with Crippen molar-refractivity contribution in [2.24, 2.45) is 5.92 Å². The molecular weight excluding hydrogens is 218 g/mol. The highest BCUT2D eigenvalue weighted by Gasteiger charge is 2.30.